The molecule has 3 nitrogen and oxygen atoms in total. The van der Waals surface area contributed by atoms with E-state index in [1.165, 1.54) is 18.5 Å². The van der Waals surface area contributed by atoms with Gasteiger partial charge in [-0.3, -0.25) is 4.90 Å². The van der Waals surface area contributed by atoms with E-state index in [-0.39, 0.29) is 0 Å². The molecule has 1 saturated heterocycles. The molecule has 1 aromatic rings. The maximum atomic E-state index is 5.86. The second kappa shape index (κ2) is 4.57. The van der Waals surface area contributed by atoms with Crippen LogP contribution in [-0.4, -0.2) is 25.1 Å². The van der Waals surface area contributed by atoms with Gasteiger partial charge in [-0.1, -0.05) is 13.8 Å². The van der Waals surface area contributed by atoms with Crippen molar-refractivity contribution in [3.8, 4) is 5.75 Å². The zero-order valence-electron chi connectivity index (χ0n) is 11.0. The molecular weight excluding hydrogens is 212 g/mol. The predicted molar refractivity (Wildman–Crippen MR) is 71.1 cm³/mol. The number of benzene rings is 1. The van der Waals surface area contributed by atoms with Crippen molar-refractivity contribution in [1.82, 2.24) is 4.90 Å². The van der Waals surface area contributed by atoms with Crippen LogP contribution in [0.2, 0.25) is 0 Å². The molecule has 1 aromatic carbocycles. The fourth-order valence-electron chi connectivity index (χ4n) is 2.51. The van der Waals surface area contributed by atoms with E-state index in [9.17, 15) is 0 Å². The van der Waals surface area contributed by atoms with E-state index >= 15 is 0 Å². The summed E-state index contributed by atoms with van der Waals surface area (Å²) in [6, 6.07) is 5.97. The number of methoxy groups -OCH3 is 1. The summed E-state index contributed by atoms with van der Waals surface area (Å²) >= 11 is 0. The largest absolute Gasteiger partial charge is 0.497 e. The van der Waals surface area contributed by atoms with E-state index in [4.69, 9.17) is 10.5 Å². The number of hydrogen-bond acceptors (Lipinski definition) is 3. The van der Waals surface area contributed by atoms with Crippen LogP contribution < -0.4 is 10.5 Å². The number of rotatable bonds is 3. The molecule has 0 saturated carbocycles. The molecule has 1 fully saturated rings. The predicted octanol–water partition coefficient (Wildman–Crippen LogP) is 2.51. The van der Waals surface area contributed by atoms with Gasteiger partial charge in [0.2, 0.25) is 0 Å². The maximum absolute atomic E-state index is 5.86. The summed E-state index contributed by atoms with van der Waals surface area (Å²) in [5.41, 5.74) is 8.32. The van der Waals surface area contributed by atoms with Gasteiger partial charge in [-0.2, -0.15) is 0 Å². The average molecular weight is 234 g/mol. The van der Waals surface area contributed by atoms with Crippen molar-refractivity contribution in [1.29, 1.82) is 0 Å². The number of nitrogens with zero attached hydrogens (tertiary/aromatic N) is 1. The second-order valence-corrected chi connectivity index (χ2v) is 5.74. The highest BCUT2D eigenvalue weighted by Crippen LogP contribution is 2.30. The number of nitrogen functional groups attached to an aromatic ring is 1. The molecule has 0 aliphatic carbocycles. The van der Waals surface area contributed by atoms with Gasteiger partial charge < -0.3 is 10.5 Å². The van der Waals surface area contributed by atoms with Crippen molar-refractivity contribution in [2.75, 3.05) is 25.9 Å². The molecule has 2 rings (SSSR count). The molecule has 1 aliphatic rings. The molecule has 0 bridgehead atoms. The Kier molecular flexibility index (Phi) is 3.29. The summed E-state index contributed by atoms with van der Waals surface area (Å²) < 4.78 is 5.24. The Balaban J connectivity index is 2.06. The van der Waals surface area contributed by atoms with Crippen LogP contribution in [0.25, 0.3) is 0 Å². The zero-order chi connectivity index (χ0) is 12.5. The van der Waals surface area contributed by atoms with E-state index in [1.54, 1.807) is 7.11 Å². The van der Waals surface area contributed by atoms with Crippen molar-refractivity contribution in [3.63, 3.8) is 0 Å². The fraction of sp³-hybridized carbons (Fsp3) is 0.571. The Morgan fingerprint density at radius 1 is 1.35 bits per heavy atom. The van der Waals surface area contributed by atoms with Crippen molar-refractivity contribution in [2.45, 2.75) is 26.8 Å². The van der Waals surface area contributed by atoms with E-state index in [0.717, 1.165) is 24.5 Å². The van der Waals surface area contributed by atoms with Gasteiger partial charge in [0.05, 0.1) is 7.11 Å². The highest BCUT2D eigenvalue weighted by Gasteiger charge is 2.28. The van der Waals surface area contributed by atoms with E-state index < -0.39 is 0 Å². The van der Waals surface area contributed by atoms with Gasteiger partial charge in [0.25, 0.3) is 0 Å². The first-order valence-electron chi connectivity index (χ1n) is 6.14. The van der Waals surface area contributed by atoms with Crippen LogP contribution in [0.15, 0.2) is 18.2 Å². The lowest BCUT2D eigenvalue weighted by Crippen LogP contribution is -2.22. The topological polar surface area (TPSA) is 38.5 Å². The monoisotopic (exact) mass is 234 g/mol. The Labute approximate surface area is 104 Å². The molecule has 0 atom stereocenters. The minimum atomic E-state index is 0.449. The van der Waals surface area contributed by atoms with Crippen molar-refractivity contribution < 1.29 is 4.74 Å². The quantitative estimate of drug-likeness (QED) is 0.817. The van der Waals surface area contributed by atoms with Crippen LogP contribution in [0.3, 0.4) is 0 Å². The Morgan fingerprint density at radius 3 is 2.71 bits per heavy atom. The molecular formula is C14H22N2O. The number of ether oxygens (including phenoxy) is 1. The first-order chi connectivity index (χ1) is 7.98. The fourth-order valence-corrected chi connectivity index (χ4v) is 2.51. The molecule has 0 radical (unpaired) electrons. The Hall–Kier alpha value is -1.22. The Morgan fingerprint density at radius 2 is 2.12 bits per heavy atom. The van der Waals surface area contributed by atoms with Crippen molar-refractivity contribution in [2.24, 2.45) is 5.41 Å². The number of hydrogen-bond donors (Lipinski definition) is 1. The van der Waals surface area contributed by atoms with E-state index in [0.29, 0.717) is 5.41 Å². The molecule has 1 aliphatic heterocycles. The third-order valence-electron chi connectivity index (χ3n) is 3.39. The maximum Gasteiger partial charge on any atom is 0.121 e. The van der Waals surface area contributed by atoms with Gasteiger partial charge >= 0.3 is 0 Å². The third-order valence-corrected chi connectivity index (χ3v) is 3.39. The molecule has 3 heteroatoms. The normalized spacial score (nSPS) is 19.5. The first-order valence-corrected chi connectivity index (χ1v) is 6.14. The summed E-state index contributed by atoms with van der Waals surface area (Å²) in [5.74, 6) is 0.846. The summed E-state index contributed by atoms with van der Waals surface area (Å²) in [4.78, 5) is 2.48. The SMILES string of the molecule is COc1cc(N)cc(CN2CCC(C)(C)C2)c1. The summed E-state index contributed by atoms with van der Waals surface area (Å²) in [6.07, 6.45) is 1.27. The van der Waals surface area contributed by atoms with E-state index in [2.05, 4.69) is 24.8 Å². The highest BCUT2D eigenvalue weighted by atomic mass is 16.5. The van der Waals surface area contributed by atoms with Crippen LogP contribution in [0, 0.1) is 5.41 Å². The number of likely N-dealkylation sites (tertiary alicyclic amines) is 1. The lowest BCUT2D eigenvalue weighted by Gasteiger charge is -2.20. The number of anilines is 1. The van der Waals surface area contributed by atoms with Gasteiger partial charge in [-0.05, 0) is 36.1 Å². The third kappa shape index (κ3) is 3.13. The smallest absolute Gasteiger partial charge is 0.121 e. The van der Waals surface area contributed by atoms with Gasteiger partial charge in [0.1, 0.15) is 5.75 Å². The lowest BCUT2D eigenvalue weighted by molar-refractivity contribution is 0.284. The molecule has 2 N–H and O–H groups in total. The molecule has 1 heterocycles. The molecule has 0 aromatic heterocycles. The van der Waals surface area contributed by atoms with Crippen LogP contribution in [0.5, 0.6) is 5.75 Å². The zero-order valence-corrected chi connectivity index (χ0v) is 11.0. The van der Waals surface area contributed by atoms with Gasteiger partial charge in [0, 0.05) is 24.8 Å². The minimum Gasteiger partial charge on any atom is -0.497 e. The average Bonchev–Trinajstić information content (AvgIpc) is 2.57. The molecule has 0 spiro atoms. The molecule has 0 amide bonds. The summed E-state index contributed by atoms with van der Waals surface area (Å²) in [5, 5.41) is 0. The standard InChI is InChI=1S/C14H22N2O/c1-14(2)4-5-16(10-14)9-11-6-12(15)8-13(7-11)17-3/h6-8H,4-5,9-10,15H2,1-3H3. The summed E-state index contributed by atoms with van der Waals surface area (Å²) in [7, 11) is 1.68. The van der Waals surface area contributed by atoms with Crippen LogP contribution >= 0.6 is 0 Å². The van der Waals surface area contributed by atoms with Crippen LogP contribution in [0.1, 0.15) is 25.8 Å². The summed E-state index contributed by atoms with van der Waals surface area (Å²) in [6.45, 7) is 7.94. The van der Waals surface area contributed by atoms with Gasteiger partial charge in [-0.15, -0.1) is 0 Å². The number of nitrogens with two attached hydrogens (primary N) is 1. The first kappa shape index (κ1) is 12.2. The molecule has 17 heavy (non-hydrogen) atoms. The lowest BCUT2D eigenvalue weighted by atomic mass is 9.93. The highest BCUT2D eigenvalue weighted by molar-refractivity contribution is 5.47. The van der Waals surface area contributed by atoms with Gasteiger partial charge in [0.15, 0.2) is 0 Å². The van der Waals surface area contributed by atoms with E-state index in [1.807, 2.05) is 12.1 Å². The van der Waals surface area contributed by atoms with Gasteiger partial charge in [-0.25, -0.2) is 0 Å². The van der Waals surface area contributed by atoms with Crippen LogP contribution in [-0.2, 0) is 6.54 Å². The molecule has 0 unspecified atom stereocenters. The van der Waals surface area contributed by atoms with Crippen LogP contribution in [0.4, 0.5) is 5.69 Å². The van der Waals surface area contributed by atoms with Crippen molar-refractivity contribution in [3.05, 3.63) is 23.8 Å². The Bertz CT molecular complexity index is 401. The second-order valence-electron chi connectivity index (χ2n) is 5.74. The van der Waals surface area contributed by atoms with Crippen molar-refractivity contribution >= 4 is 5.69 Å². The molecule has 94 valence electrons. The minimum absolute atomic E-state index is 0.449.